The molecule has 1 atom stereocenters. The molecular weight excluding hydrogens is 266 g/mol. The summed E-state index contributed by atoms with van der Waals surface area (Å²) >= 11 is 3.51. The molecule has 2 rings (SSSR count). The van der Waals surface area contributed by atoms with Gasteiger partial charge in [0, 0.05) is 4.47 Å². The van der Waals surface area contributed by atoms with E-state index in [2.05, 4.69) is 27.3 Å². The lowest BCUT2D eigenvalue weighted by Gasteiger charge is -2.11. The van der Waals surface area contributed by atoms with Crippen LogP contribution < -0.4 is 10.1 Å². The molecule has 1 saturated heterocycles. The van der Waals surface area contributed by atoms with E-state index in [0.29, 0.717) is 0 Å². The Morgan fingerprint density at radius 2 is 2.38 bits per heavy atom. The molecule has 88 valence electrons. The fourth-order valence-electron chi connectivity index (χ4n) is 2.26. The minimum Gasteiger partial charge on any atom is -0.496 e. The minimum atomic E-state index is 0.837. The van der Waals surface area contributed by atoms with Crippen LogP contribution in [0.3, 0.4) is 0 Å². The smallest absolute Gasteiger partial charge is 0.122 e. The number of hydrogen-bond acceptors (Lipinski definition) is 2. The van der Waals surface area contributed by atoms with E-state index in [-0.39, 0.29) is 0 Å². The summed E-state index contributed by atoms with van der Waals surface area (Å²) in [5, 5.41) is 3.41. The molecule has 1 fully saturated rings. The van der Waals surface area contributed by atoms with Gasteiger partial charge in [-0.2, -0.15) is 0 Å². The summed E-state index contributed by atoms with van der Waals surface area (Å²) < 4.78 is 6.51. The lowest BCUT2D eigenvalue weighted by molar-refractivity contribution is 0.406. The monoisotopic (exact) mass is 283 g/mol. The van der Waals surface area contributed by atoms with Crippen molar-refractivity contribution in [3.63, 3.8) is 0 Å². The molecule has 0 aliphatic carbocycles. The number of aryl methyl sites for hydroxylation is 1. The first-order valence-corrected chi connectivity index (χ1v) is 6.62. The van der Waals surface area contributed by atoms with Gasteiger partial charge >= 0.3 is 0 Å². The van der Waals surface area contributed by atoms with Gasteiger partial charge in [0.15, 0.2) is 0 Å². The molecule has 1 aliphatic rings. The van der Waals surface area contributed by atoms with Crippen molar-refractivity contribution in [1.82, 2.24) is 5.32 Å². The third kappa shape index (κ3) is 2.98. The Balaban J connectivity index is 1.98. The predicted octanol–water partition coefficient (Wildman–Crippen LogP) is 3.00. The molecule has 1 aromatic rings. The molecule has 0 amide bonds. The summed E-state index contributed by atoms with van der Waals surface area (Å²) in [4.78, 5) is 0. The van der Waals surface area contributed by atoms with Crippen molar-refractivity contribution in [3.8, 4) is 5.75 Å². The van der Waals surface area contributed by atoms with Gasteiger partial charge in [-0.05, 0) is 62.0 Å². The Bertz CT molecular complexity index is 348. The van der Waals surface area contributed by atoms with Crippen molar-refractivity contribution in [3.05, 3.63) is 28.2 Å². The Hall–Kier alpha value is -0.540. The fourth-order valence-corrected chi connectivity index (χ4v) is 2.67. The molecule has 0 saturated carbocycles. The van der Waals surface area contributed by atoms with E-state index >= 15 is 0 Å². The number of ether oxygens (including phenoxy) is 1. The Morgan fingerprint density at radius 3 is 3.06 bits per heavy atom. The second kappa shape index (κ2) is 5.69. The molecular formula is C13H18BrNO. The predicted molar refractivity (Wildman–Crippen MR) is 70.0 cm³/mol. The molecule has 0 spiro atoms. The van der Waals surface area contributed by atoms with Gasteiger partial charge in [-0.25, -0.2) is 0 Å². The largest absolute Gasteiger partial charge is 0.496 e. The van der Waals surface area contributed by atoms with Gasteiger partial charge in [-0.15, -0.1) is 0 Å². The molecule has 16 heavy (non-hydrogen) atoms. The first-order valence-electron chi connectivity index (χ1n) is 5.82. The van der Waals surface area contributed by atoms with Gasteiger partial charge in [-0.1, -0.05) is 15.9 Å². The Morgan fingerprint density at radius 1 is 1.50 bits per heavy atom. The summed E-state index contributed by atoms with van der Waals surface area (Å²) in [5.74, 6) is 1.85. The molecule has 1 N–H and O–H groups in total. The lowest BCUT2D eigenvalue weighted by atomic mass is 9.98. The van der Waals surface area contributed by atoms with Crippen LogP contribution in [0.15, 0.2) is 22.7 Å². The van der Waals surface area contributed by atoms with Crippen LogP contribution in [0, 0.1) is 5.92 Å². The SMILES string of the molecule is COc1ccc(Br)cc1CCC1CCNC1. The van der Waals surface area contributed by atoms with Crippen LogP contribution in [0.1, 0.15) is 18.4 Å². The highest BCUT2D eigenvalue weighted by Gasteiger charge is 2.15. The van der Waals surface area contributed by atoms with Gasteiger partial charge in [0.25, 0.3) is 0 Å². The quantitative estimate of drug-likeness (QED) is 0.917. The number of benzene rings is 1. The van der Waals surface area contributed by atoms with E-state index in [1.807, 2.05) is 12.1 Å². The minimum absolute atomic E-state index is 0.837. The van der Waals surface area contributed by atoms with Crippen molar-refractivity contribution < 1.29 is 4.74 Å². The van der Waals surface area contributed by atoms with Gasteiger partial charge in [0.2, 0.25) is 0 Å². The van der Waals surface area contributed by atoms with Crippen LogP contribution in [-0.2, 0) is 6.42 Å². The van der Waals surface area contributed by atoms with Crippen LogP contribution in [0.4, 0.5) is 0 Å². The number of halogens is 1. The van der Waals surface area contributed by atoms with Crippen molar-refractivity contribution >= 4 is 15.9 Å². The van der Waals surface area contributed by atoms with Gasteiger partial charge in [0.1, 0.15) is 5.75 Å². The maximum absolute atomic E-state index is 5.38. The zero-order chi connectivity index (χ0) is 11.4. The maximum atomic E-state index is 5.38. The fraction of sp³-hybridized carbons (Fsp3) is 0.538. The first-order chi connectivity index (χ1) is 7.79. The third-order valence-electron chi connectivity index (χ3n) is 3.23. The number of rotatable bonds is 4. The molecule has 0 radical (unpaired) electrons. The van der Waals surface area contributed by atoms with Crippen LogP contribution in [0.25, 0.3) is 0 Å². The summed E-state index contributed by atoms with van der Waals surface area (Å²) in [6.07, 6.45) is 3.67. The molecule has 1 aromatic carbocycles. The van der Waals surface area contributed by atoms with E-state index in [1.54, 1.807) is 7.11 Å². The highest BCUT2D eigenvalue weighted by Crippen LogP contribution is 2.26. The lowest BCUT2D eigenvalue weighted by Crippen LogP contribution is -2.09. The van der Waals surface area contributed by atoms with Crippen LogP contribution in [0.5, 0.6) is 5.75 Å². The highest BCUT2D eigenvalue weighted by molar-refractivity contribution is 9.10. The summed E-state index contributed by atoms with van der Waals surface area (Å²) in [7, 11) is 1.74. The second-order valence-electron chi connectivity index (χ2n) is 4.35. The Kier molecular flexibility index (Phi) is 4.24. The van der Waals surface area contributed by atoms with Crippen molar-refractivity contribution in [1.29, 1.82) is 0 Å². The average molecular weight is 284 g/mol. The summed E-state index contributed by atoms with van der Waals surface area (Å²) in [6, 6.07) is 6.23. The zero-order valence-electron chi connectivity index (χ0n) is 9.63. The van der Waals surface area contributed by atoms with Crippen LogP contribution >= 0.6 is 15.9 Å². The second-order valence-corrected chi connectivity index (χ2v) is 5.27. The third-order valence-corrected chi connectivity index (χ3v) is 3.72. The van der Waals surface area contributed by atoms with Crippen LogP contribution in [0.2, 0.25) is 0 Å². The van der Waals surface area contributed by atoms with Crippen LogP contribution in [-0.4, -0.2) is 20.2 Å². The van der Waals surface area contributed by atoms with Crippen molar-refractivity contribution in [2.45, 2.75) is 19.3 Å². The topological polar surface area (TPSA) is 21.3 Å². The van der Waals surface area contributed by atoms with E-state index in [9.17, 15) is 0 Å². The number of nitrogens with one attached hydrogen (secondary N) is 1. The average Bonchev–Trinajstić information content (AvgIpc) is 2.79. The van der Waals surface area contributed by atoms with E-state index in [1.165, 1.54) is 31.5 Å². The molecule has 3 heteroatoms. The molecule has 0 bridgehead atoms. The van der Waals surface area contributed by atoms with Gasteiger partial charge < -0.3 is 10.1 Å². The van der Waals surface area contributed by atoms with Crippen molar-refractivity contribution in [2.75, 3.05) is 20.2 Å². The van der Waals surface area contributed by atoms with Gasteiger partial charge in [-0.3, -0.25) is 0 Å². The van der Waals surface area contributed by atoms with Crippen molar-refractivity contribution in [2.24, 2.45) is 5.92 Å². The van der Waals surface area contributed by atoms with E-state index < -0.39 is 0 Å². The molecule has 2 nitrogen and oxygen atoms in total. The normalized spacial score (nSPS) is 20.0. The van der Waals surface area contributed by atoms with Gasteiger partial charge in [0.05, 0.1) is 7.11 Å². The highest BCUT2D eigenvalue weighted by atomic mass is 79.9. The Labute approximate surface area is 106 Å². The molecule has 1 heterocycles. The number of hydrogen-bond donors (Lipinski definition) is 1. The molecule has 0 aromatic heterocycles. The summed E-state index contributed by atoms with van der Waals surface area (Å²) in [5.41, 5.74) is 1.31. The molecule has 1 unspecified atom stereocenters. The summed E-state index contributed by atoms with van der Waals surface area (Å²) in [6.45, 7) is 2.36. The van der Waals surface area contributed by atoms with E-state index in [4.69, 9.17) is 4.74 Å². The maximum Gasteiger partial charge on any atom is 0.122 e. The first kappa shape index (κ1) is 11.9. The molecule has 1 aliphatic heterocycles. The zero-order valence-corrected chi connectivity index (χ0v) is 11.2. The number of methoxy groups -OCH3 is 1. The van der Waals surface area contributed by atoms with E-state index in [0.717, 1.165) is 22.6 Å². The standard InChI is InChI=1S/C13H18BrNO/c1-16-13-5-4-12(14)8-11(13)3-2-10-6-7-15-9-10/h4-5,8,10,15H,2-3,6-7,9H2,1H3.